The van der Waals surface area contributed by atoms with Crippen molar-refractivity contribution in [2.45, 2.75) is 9.79 Å². The lowest BCUT2D eigenvalue weighted by Crippen LogP contribution is -1.98. The molecule has 7 heteroatoms. The largest absolute Gasteiger partial charge is 0.481 e. The van der Waals surface area contributed by atoms with Crippen LogP contribution in [0.25, 0.3) is 0 Å². The number of nitriles is 1. The molecule has 1 aromatic heterocycles. The monoisotopic (exact) mass is 368 g/mol. The molecule has 0 spiro atoms. The van der Waals surface area contributed by atoms with Crippen LogP contribution in [0, 0.1) is 11.3 Å². The molecule has 5 nitrogen and oxygen atoms in total. The average Bonchev–Trinajstić information content (AvgIpc) is 2.62. The van der Waals surface area contributed by atoms with E-state index in [1.165, 1.54) is 11.8 Å². The molecule has 0 unspecified atom stereocenters. The van der Waals surface area contributed by atoms with Crippen LogP contribution < -0.4 is 10.1 Å². The summed E-state index contributed by atoms with van der Waals surface area (Å²) in [5.74, 6) is 0.891. The van der Waals surface area contributed by atoms with Gasteiger partial charge in [0.2, 0.25) is 11.8 Å². The van der Waals surface area contributed by atoms with Crippen LogP contribution in [0.2, 0.25) is 5.02 Å². The van der Waals surface area contributed by atoms with Gasteiger partial charge in [-0.2, -0.15) is 10.2 Å². The van der Waals surface area contributed by atoms with Crippen LogP contribution >= 0.6 is 23.4 Å². The molecule has 0 radical (unpaired) electrons. The van der Waals surface area contributed by atoms with Gasteiger partial charge in [-0.25, -0.2) is 4.98 Å². The van der Waals surface area contributed by atoms with Gasteiger partial charge in [-0.15, -0.1) is 0 Å². The lowest BCUT2D eigenvalue weighted by molar-refractivity contribution is 0.397. The first-order valence-electron chi connectivity index (χ1n) is 7.29. The smallest absolute Gasteiger partial charge is 0.230 e. The first kappa shape index (κ1) is 17.1. The fourth-order valence-corrected chi connectivity index (χ4v) is 3.33. The van der Waals surface area contributed by atoms with Crippen molar-refractivity contribution >= 4 is 35.0 Å². The summed E-state index contributed by atoms with van der Waals surface area (Å²) >= 11 is 7.51. The topological polar surface area (TPSA) is 70.8 Å². The molecule has 3 rings (SSSR count). The van der Waals surface area contributed by atoms with E-state index in [2.05, 4.69) is 21.4 Å². The highest BCUT2D eigenvalue weighted by atomic mass is 35.5. The van der Waals surface area contributed by atoms with Gasteiger partial charge in [-0.05, 0) is 36.4 Å². The molecule has 0 amide bonds. The Morgan fingerprint density at radius 1 is 1.20 bits per heavy atom. The van der Waals surface area contributed by atoms with Crippen LogP contribution in [0.15, 0.2) is 64.5 Å². The number of hydrogen-bond acceptors (Lipinski definition) is 6. The quantitative estimate of drug-likeness (QED) is 0.690. The van der Waals surface area contributed by atoms with E-state index >= 15 is 0 Å². The third-order valence-corrected chi connectivity index (χ3v) is 4.50. The van der Waals surface area contributed by atoms with E-state index < -0.39 is 0 Å². The van der Waals surface area contributed by atoms with E-state index in [4.69, 9.17) is 16.3 Å². The van der Waals surface area contributed by atoms with Gasteiger partial charge in [-0.1, -0.05) is 29.4 Å². The standard InChI is InChI=1S/C18H13ClN4OS/c1-24-17-7-8-21-18(23-17)22-14-6-5-12(11-20)16(10-14)25-15-4-2-3-13(19)9-15/h2-10H,1H3,(H,21,22,23). The Morgan fingerprint density at radius 3 is 2.84 bits per heavy atom. The Morgan fingerprint density at radius 2 is 2.08 bits per heavy atom. The average molecular weight is 369 g/mol. The lowest BCUT2D eigenvalue weighted by atomic mass is 10.2. The van der Waals surface area contributed by atoms with E-state index in [-0.39, 0.29) is 0 Å². The van der Waals surface area contributed by atoms with E-state index in [1.54, 1.807) is 25.4 Å². The minimum absolute atomic E-state index is 0.419. The maximum atomic E-state index is 9.35. The van der Waals surface area contributed by atoms with Gasteiger partial charge >= 0.3 is 0 Å². The molecule has 0 fully saturated rings. The zero-order valence-corrected chi connectivity index (χ0v) is 14.8. The predicted octanol–water partition coefficient (Wildman–Crippen LogP) is 4.91. The Balaban J connectivity index is 1.88. The molecule has 1 heterocycles. The van der Waals surface area contributed by atoms with Crippen LogP contribution in [0.5, 0.6) is 5.88 Å². The summed E-state index contributed by atoms with van der Waals surface area (Å²) in [6.07, 6.45) is 1.61. The normalized spacial score (nSPS) is 10.1. The Kier molecular flexibility index (Phi) is 5.39. The highest BCUT2D eigenvalue weighted by Gasteiger charge is 2.08. The van der Waals surface area contributed by atoms with Gasteiger partial charge in [0.05, 0.1) is 12.7 Å². The van der Waals surface area contributed by atoms with Crippen molar-refractivity contribution < 1.29 is 4.74 Å². The predicted molar refractivity (Wildman–Crippen MR) is 98.6 cm³/mol. The first-order chi connectivity index (χ1) is 12.2. The summed E-state index contributed by atoms with van der Waals surface area (Å²) in [7, 11) is 1.55. The summed E-state index contributed by atoms with van der Waals surface area (Å²) < 4.78 is 5.09. The third-order valence-electron chi connectivity index (χ3n) is 3.22. The maximum Gasteiger partial charge on any atom is 0.230 e. The summed E-state index contributed by atoms with van der Waals surface area (Å²) in [4.78, 5) is 10.2. The molecule has 0 aliphatic heterocycles. The van der Waals surface area contributed by atoms with Gasteiger partial charge in [0, 0.05) is 32.8 Å². The highest BCUT2D eigenvalue weighted by molar-refractivity contribution is 7.99. The van der Waals surface area contributed by atoms with Crippen LogP contribution in [-0.4, -0.2) is 17.1 Å². The van der Waals surface area contributed by atoms with Crippen molar-refractivity contribution in [3.05, 3.63) is 65.3 Å². The molecular weight excluding hydrogens is 356 g/mol. The molecule has 25 heavy (non-hydrogen) atoms. The maximum absolute atomic E-state index is 9.35. The van der Waals surface area contributed by atoms with E-state index in [1.807, 2.05) is 36.4 Å². The van der Waals surface area contributed by atoms with Gasteiger partial charge < -0.3 is 10.1 Å². The molecule has 3 aromatic rings. The van der Waals surface area contributed by atoms with Crippen molar-refractivity contribution in [2.75, 3.05) is 12.4 Å². The Labute approximate surface area is 154 Å². The van der Waals surface area contributed by atoms with Crippen LogP contribution in [0.4, 0.5) is 11.6 Å². The van der Waals surface area contributed by atoms with Crippen molar-refractivity contribution in [1.29, 1.82) is 5.26 Å². The lowest BCUT2D eigenvalue weighted by Gasteiger charge is -2.09. The molecule has 2 aromatic carbocycles. The second kappa shape index (κ2) is 7.88. The second-order valence-electron chi connectivity index (χ2n) is 4.93. The van der Waals surface area contributed by atoms with Crippen LogP contribution in [0.1, 0.15) is 5.56 Å². The van der Waals surface area contributed by atoms with E-state index in [9.17, 15) is 5.26 Å². The van der Waals surface area contributed by atoms with Crippen molar-refractivity contribution in [1.82, 2.24) is 9.97 Å². The second-order valence-corrected chi connectivity index (χ2v) is 6.48. The summed E-state index contributed by atoms with van der Waals surface area (Å²) in [6.45, 7) is 0. The third kappa shape index (κ3) is 4.41. The molecule has 0 aliphatic rings. The molecule has 124 valence electrons. The summed E-state index contributed by atoms with van der Waals surface area (Å²) in [5.41, 5.74) is 1.36. The highest BCUT2D eigenvalue weighted by Crippen LogP contribution is 2.33. The summed E-state index contributed by atoms with van der Waals surface area (Å²) in [5, 5.41) is 13.1. The van der Waals surface area contributed by atoms with Crippen molar-refractivity contribution in [3.63, 3.8) is 0 Å². The minimum Gasteiger partial charge on any atom is -0.481 e. The fourth-order valence-electron chi connectivity index (χ4n) is 2.08. The van der Waals surface area contributed by atoms with Gasteiger partial charge in [-0.3, -0.25) is 0 Å². The molecular formula is C18H13ClN4OS. The van der Waals surface area contributed by atoms with Gasteiger partial charge in [0.1, 0.15) is 6.07 Å². The van der Waals surface area contributed by atoms with Crippen molar-refractivity contribution in [2.24, 2.45) is 0 Å². The molecule has 0 bridgehead atoms. The van der Waals surface area contributed by atoms with Crippen LogP contribution in [-0.2, 0) is 0 Å². The van der Waals surface area contributed by atoms with Gasteiger partial charge in [0.25, 0.3) is 0 Å². The molecule has 1 N–H and O–H groups in total. The number of methoxy groups -OCH3 is 1. The number of aromatic nitrogens is 2. The minimum atomic E-state index is 0.419. The number of ether oxygens (including phenoxy) is 1. The van der Waals surface area contributed by atoms with E-state index in [0.717, 1.165) is 15.5 Å². The van der Waals surface area contributed by atoms with E-state index in [0.29, 0.717) is 22.4 Å². The number of anilines is 2. The number of nitrogens with one attached hydrogen (secondary N) is 1. The summed E-state index contributed by atoms with van der Waals surface area (Å²) in [6, 6.07) is 16.8. The zero-order chi connectivity index (χ0) is 17.6. The first-order valence-corrected chi connectivity index (χ1v) is 8.49. The number of hydrogen-bond donors (Lipinski definition) is 1. The fraction of sp³-hybridized carbons (Fsp3) is 0.0556. The number of benzene rings is 2. The number of rotatable bonds is 5. The molecule has 0 saturated carbocycles. The Hall–Kier alpha value is -2.75. The van der Waals surface area contributed by atoms with Crippen molar-refractivity contribution in [3.8, 4) is 11.9 Å². The number of halogens is 1. The molecule has 0 aliphatic carbocycles. The molecule has 0 atom stereocenters. The van der Waals surface area contributed by atoms with Gasteiger partial charge in [0.15, 0.2) is 0 Å². The van der Waals surface area contributed by atoms with Crippen LogP contribution in [0.3, 0.4) is 0 Å². The number of nitrogens with zero attached hydrogens (tertiary/aromatic N) is 3. The SMILES string of the molecule is COc1ccnc(Nc2ccc(C#N)c(Sc3cccc(Cl)c3)c2)n1. The molecule has 0 saturated heterocycles. The Bertz CT molecular complexity index is 942. The zero-order valence-electron chi connectivity index (χ0n) is 13.2.